The van der Waals surface area contributed by atoms with Gasteiger partial charge in [-0.1, -0.05) is 0 Å². The summed E-state index contributed by atoms with van der Waals surface area (Å²) < 4.78 is 0. The molecule has 3 aliphatic rings. The number of rotatable bonds is 4. The number of hydrogen-bond donors (Lipinski definition) is 0. The molecule has 4 rings (SSSR count). The van der Waals surface area contributed by atoms with Gasteiger partial charge in [-0.25, -0.2) is 9.97 Å². The molecule has 142 valence electrons. The van der Waals surface area contributed by atoms with Crippen LogP contribution in [0.2, 0.25) is 0 Å². The average molecular weight is 358 g/mol. The molecule has 0 aliphatic carbocycles. The molecule has 26 heavy (non-hydrogen) atoms. The molecule has 0 unspecified atom stereocenters. The highest BCUT2D eigenvalue weighted by atomic mass is 16.2. The van der Waals surface area contributed by atoms with Crippen molar-refractivity contribution in [2.45, 2.75) is 51.4 Å². The highest BCUT2D eigenvalue weighted by Gasteiger charge is 2.28. The first-order valence-corrected chi connectivity index (χ1v) is 10.3. The number of carbonyl (C=O) groups is 1. The minimum absolute atomic E-state index is 0.294. The number of anilines is 1. The van der Waals surface area contributed by atoms with Crippen LogP contribution in [0.4, 0.5) is 5.82 Å². The molecule has 0 bridgehead atoms. The maximum atomic E-state index is 12.7. The first kappa shape index (κ1) is 17.7. The number of likely N-dealkylation sites (tertiary alicyclic amines) is 2. The van der Waals surface area contributed by atoms with Crippen LogP contribution in [0.5, 0.6) is 0 Å². The maximum absolute atomic E-state index is 12.7. The zero-order valence-electron chi connectivity index (χ0n) is 16.0. The highest BCUT2D eigenvalue weighted by Crippen LogP contribution is 2.29. The van der Waals surface area contributed by atoms with Crippen LogP contribution < -0.4 is 4.90 Å². The Bertz CT molecular complexity index is 637. The van der Waals surface area contributed by atoms with Gasteiger partial charge in [0, 0.05) is 38.2 Å². The number of nitrogens with zero attached hydrogens (tertiary/aromatic N) is 5. The van der Waals surface area contributed by atoms with Gasteiger partial charge in [-0.15, -0.1) is 0 Å². The summed E-state index contributed by atoms with van der Waals surface area (Å²) in [5.41, 5.74) is 1.12. The standard InChI is InChI=1S/C20H31N5O/c1-16-21-18(13-19(22-16)24-10-4-5-11-24)17-7-6-12-25(14-17)20(26)15-23-8-2-3-9-23/h13,17H,2-12,14-15H2,1H3/t17-/m1/s1. The summed E-state index contributed by atoms with van der Waals surface area (Å²) in [6.45, 7) is 8.63. The molecule has 6 heteroatoms. The molecule has 0 N–H and O–H groups in total. The fourth-order valence-corrected chi connectivity index (χ4v) is 4.57. The van der Waals surface area contributed by atoms with Crippen molar-refractivity contribution >= 4 is 11.7 Å². The summed E-state index contributed by atoms with van der Waals surface area (Å²) in [6.07, 6.45) is 7.15. The highest BCUT2D eigenvalue weighted by molar-refractivity contribution is 5.78. The molecule has 6 nitrogen and oxygen atoms in total. The van der Waals surface area contributed by atoms with Gasteiger partial charge in [-0.3, -0.25) is 9.69 Å². The minimum atomic E-state index is 0.294. The Kier molecular flexibility index (Phi) is 5.38. The number of aromatic nitrogens is 2. The molecule has 1 amide bonds. The van der Waals surface area contributed by atoms with Crippen LogP contribution in [-0.4, -0.2) is 71.5 Å². The third-order valence-electron chi connectivity index (χ3n) is 6.02. The average Bonchev–Trinajstić information content (AvgIpc) is 3.35. The lowest BCUT2D eigenvalue weighted by Crippen LogP contribution is -2.44. The van der Waals surface area contributed by atoms with Crippen molar-refractivity contribution < 1.29 is 4.79 Å². The van der Waals surface area contributed by atoms with Gasteiger partial charge in [0.25, 0.3) is 0 Å². The first-order chi connectivity index (χ1) is 12.7. The van der Waals surface area contributed by atoms with Gasteiger partial charge in [0.1, 0.15) is 11.6 Å². The Balaban J connectivity index is 1.44. The lowest BCUT2D eigenvalue weighted by molar-refractivity contribution is -0.133. The van der Waals surface area contributed by atoms with Crippen LogP contribution >= 0.6 is 0 Å². The van der Waals surface area contributed by atoms with E-state index >= 15 is 0 Å². The van der Waals surface area contributed by atoms with Crippen LogP contribution in [0.1, 0.15) is 56.0 Å². The van der Waals surface area contributed by atoms with Gasteiger partial charge < -0.3 is 9.80 Å². The van der Waals surface area contributed by atoms with E-state index in [0.29, 0.717) is 18.4 Å². The maximum Gasteiger partial charge on any atom is 0.236 e. The SMILES string of the molecule is Cc1nc([C@@H]2CCCN(C(=O)CN3CCCC3)C2)cc(N2CCCC2)n1. The summed E-state index contributed by atoms with van der Waals surface area (Å²) in [6, 6.07) is 2.18. The quantitative estimate of drug-likeness (QED) is 0.827. The molecule has 0 spiro atoms. The molecule has 1 aromatic rings. The van der Waals surface area contributed by atoms with E-state index in [4.69, 9.17) is 4.98 Å². The Hall–Kier alpha value is -1.69. The van der Waals surface area contributed by atoms with Crippen LogP contribution in [0.3, 0.4) is 0 Å². The fraction of sp³-hybridized carbons (Fsp3) is 0.750. The Morgan fingerprint density at radius 2 is 1.77 bits per heavy atom. The Morgan fingerprint density at radius 3 is 2.54 bits per heavy atom. The number of piperidine rings is 1. The minimum Gasteiger partial charge on any atom is -0.357 e. The predicted octanol–water partition coefficient (Wildman–Crippen LogP) is 2.19. The molecular weight excluding hydrogens is 326 g/mol. The van der Waals surface area contributed by atoms with Gasteiger partial charge in [0.2, 0.25) is 5.91 Å². The molecule has 0 radical (unpaired) electrons. The lowest BCUT2D eigenvalue weighted by atomic mass is 9.94. The van der Waals surface area contributed by atoms with Gasteiger partial charge in [-0.2, -0.15) is 0 Å². The number of amides is 1. The van der Waals surface area contributed by atoms with Gasteiger partial charge in [-0.05, 0) is 58.5 Å². The van der Waals surface area contributed by atoms with Crippen molar-refractivity contribution in [1.82, 2.24) is 19.8 Å². The smallest absolute Gasteiger partial charge is 0.236 e. The van der Waals surface area contributed by atoms with Crippen LogP contribution in [-0.2, 0) is 4.79 Å². The van der Waals surface area contributed by atoms with E-state index in [1.807, 2.05) is 6.92 Å². The van der Waals surface area contributed by atoms with Crippen molar-refractivity contribution in [2.24, 2.45) is 0 Å². The van der Waals surface area contributed by atoms with Crippen LogP contribution in [0.25, 0.3) is 0 Å². The van der Waals surface area contributed by atoms with Gasteiger partial charge in [0.05, 0.1) is 12.2 Å². The number of aryl methyl sites for hydroxylation is 1. The molecule has 1 atom stereocenters. The van der Waals surface area contributed by atoms with Crippen molar-refractivity contribution in [3.8, 4) is 0 Å². The van der Waals surface area contributed by atoms with E-state index in [1.165, 1.54) is 25.7 Å². The summed E-state index contributed by atoms with van der Waals surface area (Å²) in [4.78, 5) is 28.9. The fourth-order valence-electron chi connectivity index (χ4n) is 4.57. The molecule has 4 heterocycles. The summed E-state index contributed by atoms with van der Waals surface area (Å²) in [5.74, 6) is 2.56. The second-order valence-electron chi connectivity index (χ2n) is 8.05. The van der Waals surface area contributed by atoms with E-state index in [1.54, 1.807) is 0 Å². The normalized spacial score (nSPS) is 24.4. The molecule has 1 aromatic heterocycles. The summed E-state index contributed by atoms with van der Waals surface area (Å²) in [7, 11) is 0. The van der Waals surface area contributed by atoms with Crippen LogP contribution in [0.15, 0.2) is 6.07 Å². The zero-order valence-corrected chi connectivity index (χ0v) is 16.0. The predicted molar refractivity (Wildman–Crippen MR) is 102 cm³/mol. The Labute approximate surface area is 156 Å². The largest absolute Gasteiger partial charge is 0.357 e. The molecule has 3 aliphatic heterocycles. The van der Waals surface area contributed by atoms with Crippen molar-refractivity contribution in [1.29, 1.82) is 0 Å². The number of carbonyl (C=O) groups excluding carboxylic acids is 1. The second kappa shape index (κ2) is 7.91. The number of hydrogen-bond acceptors (Lipinski definition) is 5. The van der Waals surface area contributed by atoms with Gasteiger partial charge >= 0.3 is 0 Å². The second-order valence-corrected chi connectivity index (χ2v) is 8.05. The topological polar surface area (TPSA) is 52.6 Å². The molecular formula is C20H31N5O. The molecule has 0 aromatic carbocycles. The third-order valence-corrected chi connectivity index (χ3v) is 6.02. The molecule has 3 fully saturated rings. The van der Waals surface area contributed by atoms with E-state index in [9.17, 15) is 4.79 Å². The van der Waals surface area contributed by atoms with Crippen molar-refractivity contribution in [3.63, 3.8) is 0 Å². The third kappa shape index (κ3) is 4.00. The first-order valence-electron chi connectivity index (χ1n) is 10.3. The Morgan fingerprint density at radius 1 is 1.04 bits per heavy atom. The van der Waals surface area contributed by atoms with Gasteiger partial charge in [0.15, 0.2) is 0 Å². The van der Waals surface area contributed by atoms with E-state index in [2.05, 4.69) is 25.8 Å². The molecule has 3 saturated heterocycles. The zero-order chi connectivity index (χ0) is 17.9. The molecule has 0 saturated carbocycles. The van der Waals surface area contributed by atoms with E-state index in [-0.39, 0.29) is 0 Å². The van der Waals surface area contributed by atoms with E-state index in [0.717, 1.165) is 69.4 Å². The van der Waals surface area contributed by atoms with Crippen LogP contribution in [0, 0.1) is 6.92 Å². The monoisotopic (exact) mass is 357 g/mol. The lowest BCUT2D eigenvalue weighted by Gasteiger charge is -2.34. The van der Waals surface area contributed by atoms with Crippen molar-refractivity contribution in [2.75, 3.05) is 50.7 Å². The summed E-state index contributed by atoms with van der Waals surface area (Å²) >= 11 is 0. The van der Waals surface area contributed by atoms with E-state index < -0.39 is 0 Å². The van der Waals surface area contributed by atoms with Crippen molar-refractivity contribution in [3.05, 3.63) is 17.6 Å². The summed E-state index contributed by atoms with van der Waals surface area (Å²) in [5, 5.41) is 0.